The number of nitrogens with one attached hydrogen (secondary N) is 2. The minimum atomic E-state index is -0.309. The molecule has 2 aromatic heterocycles. The fraction of sp³-hybridized carbons (Fsp3) is 0. The van der Waals surface area contributed by atoms with Gasteiger partial charge in [0.2, 0.25) is 0 Å². The molecule has 82 valence electrons. The lowest BCUT2D eigenvalue weighted by Gasteiger charge is -2.00. The fourth-order valence-electron chi connectivity index (χ4n) is 1.03. The number of carbonyl (C=O) groups excluding carboxylic acids is 1. The van der Waals surface area contributed by atoms with E-state index in [1.54, 1.807) is 11.4 Å². The van der Waals surface area contributed by atoms with Crippen molar-refractivity contribution in [2.24, 2.45) is 0 Å². The molecule has 0 spiro atoms. The van der Waals surface area contributed by atoms with Crippen molar-refractivity contribution in [1.82, 2.24) is 10.2 Å². The van der Waals surface area contributed by atoms with E-state index in [0.717, 1.165) is 3.79 Å². The van der Waals surface area contributed by atoms with Crippen LogP contribution in [0.25, 0.3) is 0 Å². The number of amides is 1. The fourth-order valence-corrected chi connectivity index (χ4v) is 2.17. The number of rotatable bonds is 2. The number of aromatic nitrogens is 2. The lowest BCUT2D eigenvalue weighted by atomic mass is 10.3. The van der Waals surface area contributed by atoms with Crippen molar-refractivity contribution in [3.63, 3.8) is 0 Å². The molecule has 0 atom stereocenters. The molecule has 16 heavy (non-hydrogen) atoms. The van der Waals surface area contributed by atoms with Gasteiger partial charge in [-0.3, -0.25) is 9.59 Å². The molecule has 7 heteroatoms. The van der Waals surface area contributed by atoms with Crippen LogP contribution in [0.3, 0.4) is 0 Å². The zero-order valence-electron chi connectivity index (χ0n) is 7.86. The molecule has 0 aliphatic carbocycles. The summed E-state index contributed by atoms with van der Waals surface area (Å²) in [6.07, 6.45) is 0. The van der Waals surface area contributed by atoms with Gasteiger partial charge in [-0.1, -0.05) is 0 Å². The van der Waals surface area contributed by atoms with Crippen molar-refractivity contribution in [3.8, 4) is 0 Å². The summed E-state index contributed by atoms with van der Waals surface area (Å²) in [4.78, 5) is 22.4. The molecule has 2 rings (SSSR count). The second kappa shape index (κ2) is 4.58. The van der Waals surface area contributed by atoms with E-state index in [-0.39, 0.29) is 11.5 Å². The Kier molecular flexibility index (Phi) is 3.16. The molecule has 2 N–H and O–H groups in total. The molecule has 1 amide bonds. The summed E-state index contributed by atoms with van der Waals surface area (Å²) in [5, 5.41) is 10.2. The Labute approximate surface area is 103 Å². The number of nitrogens with zero attached hydrogens (tertiary/aromatic N) is 1. The van der Waals surface area contributed by atoms with Crippen molar-refractivity contribution >= 4 is 39.0 Å². The van der Waals surface area contributed by atoms with Gasteiger partial charge in [0.15, 0.2) is 5.82 Å². The minimum absolute atomic E-state index is 0.263. The normalized spacial score (nSPS) is 10.1. The Morgan fingerprint density at radius 2 is 2.31 bits per heavy atom. The van der Waals surface area contributed by atoms with Gasteiger partial charge in [0.1, 0.15) is 0 Å². The van der Waals surface area contributed by atoms with Crippen molar-refractivity contribution in [3.05, 3.63) is 43.3 Å². The molecule has 0 saturated carbocycles. The molecule has 0 radical (unpaired) electrons. The number of carbonyl (C=O) groups is 1. The monoisotopic (exact) mass is 299 g/mol. The number of aromatic amines is 1. The van der Waals surface area contributed by atoms with Crippen LogP contribution in [0.15, 0.2) is 32.2 Å². The number of anilines is 1. The van der Waals surface area contributed by atoms with Gasteiger partial charge in [-0.05, 0) is 28.1 Å². The van der Waals surface area contributed by atoms with Crippen LogP contribution in [-0.2, 0) is 0 Å². The van der Waals surface area contributed by atoms with E-state index in [1.165, 1.54) is 23.5 Å². The Morgan fingerprint density at radius 1 is 1.50 bits per heavy atom. The second-order valence-corrected chi connectivity index (χ2v) is 5.19. The average molecular weight is 300 g/mol. The molecule has 5 nitrogen and oxygen atoms in total. The van der Waals surface area contributed by atoms with Gasteiger partial charge in [0, 0.05) is 11.4 Å². The molecule has 0 fully saturated rings. The first kappa shape index (κ1) is 11.0. The van der Waals surface area contributed by atoms with Gasteiger partial charge in [-0.15, -0.1) is 11.3 Å². The van der Waals surface area contributed by atoms with E-state index in [2.05, 4.69) is 31.4 Å². The van der Waals surface area contributed by atoms with E-state index < -0.39 is 0 Å². The van der Waals surface area contributed by atoms with Crippen LogP contribution in [0.2, 0.25) is 0 Å². The van der Waals surface area contributed by atoms with Crippen LogP contribution in [0.5, 0.6) is 0 Å². The highest BCUT2D eigenvalue weighted by Crippen LogP contribution is 2.21. The largest absolute Gasteiger partial charge is 0.305 e. The van der Waals surface area contributed by atoms with Crippen LogP contribution in [0.1, 0.15) is 10.4 Å². The quantitative estimate of drug-likeness (QED) is 0.888. The third-order valence-electron chi connectivity index (χ3n) is 1.75. The molecule has 2 aromatic rings. The van der Waals surface area contributed by atoms with Crippen LogP contribution in [0.4, 0.5) is 5.82 Å². The molecular formula is C9H6BrN3O2S. The van der Waals surface area contributed by atoms with Crippen molar-refractivity contribution in [1.29, 1.82) is 0 Å². The number of thiophene rings is 1. The summed E-state index contributed by atoms with van der Waals surface area (Å²) in [5.74, 6) is 0.0495. The van der Waals surface area contributed by atoms with Gasteiger partial charge >= 0.3 is 0 Å². The van der Waals surface area contributed by atoms with E-state index in [9.17, 15) is 9.59 Å². The van der Waals surface area contributed by atoms with Gasteiger partial charge in [0.05, 0.1) is 9.35 Å². The van der Waals surface area contributed by atoms with E-state index in [0.29, 0.717) is 11.4 Å². The zero-order chi connectivity index (χ0) is 11.5. The summed E-state index contributed by atoms with van der Waals surface area (Å²) in [6, 6.07) is 4.45. The predicted molar refractivity (Wildman–Crippen MR) is 64.8 cm³/mol. The van der Waals surface area contributed by atoms with Gasteiger partial charge < -0.3 is 5.32 Å². The highest BCUT2D eigenvalue weighted by atomic mass is 79.9. The minimum Gasteiger partial charge on any atom is -0.305 e. The Morgan fingerprint density at radius 3 is 2.88 bits per heavy atom. The maximum atomic E-state index is 11.7. The van der Waals surface area contributed by atoms with Crippen LogP contribution < -0.4 is 10.9 Å². The Balaban J connectivity index is 2.13. The topological polar surface area (TPSA) is 74.8 Å². The molecule has 2 heterocycles. The maximum Gasteiger partial charge on any atom is 0.264 e. The molecule has 0 unspecified atom stereocenters. The predicted octanol–water partition coefficient (Wildman–Crippen LogP) is 1.85. The van der Waals surface area contributed by atoms with E-state index >= 15 is 0 Å². The standard InChI is InChI=1S/C9H6BrN3O2S/c10-6-3-5(4-16-6)9(15)11-7-1-2-8(14)13-12-7/h1-4H,(H,13,14)(H,11,12,15). The lowest BCUT2D eigenvalue weighted by Crippen LogP contribution is -2.15. The first-order valence-electron chi connectivity index (χ1n) is 4.26. The third kappa shape index (κ3) is 2.56. The lowest BCUT2D eigenvalue weighted by molar-refractivity contribution is 0.102. The van der Waals surface area contributed by atoms with Gasteiger partial charge in [-0.25, -0.2) is 5.10 Å². The van der Waals surface area contributed by atoms with E-state index in [1.807, 2.05) is 0 Å². The number of hydrogen-bond acceptors (Lipinski definition) is 4. The summed E-state index contributed by atoms with van der Waals surface area (Å²) >= 11 is 4.69. The number of hydrogen-bond donors (Lipinski definition) is 2. The molecule has 0 bridgehead atoms. The average Bonchev–Trinajstić information content (AvgIpc) is 2.68. The van der Waals surface area contributed by atoms with Gasteiger partial charge in [0.25, 0.3) is 11.5 Å². The number of H-pyrrole nitrogens is 1. The molecule has 0 aliphatic heterocycles. The summed E-state index contributed by atoms with van der Waals surface area (Å²) in [6.45, 7) is 0. The second-order valence-electron chi connectivity index (χ2n) is 2.90. The molecule has 0 saturated heterocycles. The Hall–Kier alpha value is -1.47. The van der Waals surface area contributed by atoms with Crippen LogP contribution in [-0.4, -0.2) is 16.1 Å². The van der Waals surface area contributed by atoms with E-state index in [4.69, 9.17) is 0 Å². The van der Waals surface area contributed by atoms with Crippen LogP contribution in [0, 0.1) is 0 Å². The molecule has 0 aromatic carbocycles. The number of halogens is 1. The first-order chi connectivity index (χ1) is 7.65. The Bertz CT molecular complexity index is 558. The van der Waals surface area contributed by atoms with Crippen molar-refractivity contribution in [2.75, 3.05) is 5.32 Å². The zero-order valence-corrected chi connectivity index (χ0v) is 10.3. The first-order valence-corrected chi connectivity index (χ1v) is 5.93. The highest BCUT2D eigenvalue weighted by Gasteiger charge is 2.08. The van der Waals surface area contributed by atoms with Crippen molar-refractivity contribution < 1.29 is 4.79 Å². The van der Waals surface area contributed by atoms with Crippen molar-refractivity contribution in [2.45, 2.75) is 0 Å². The highest BCUT2D eigenvalue weighted by molar-refractivity contribution is 9.11. The maximum absolute atomic E-state index is 11.7. The third-order valence-corrected chi connectivity index (χ3v) is 3.25. The summed E-state index contributed by atoms with van der Waals surface area (Å²) in [7, 11) is 0. The molecular weight excluding hydrogens is 294 g/mol. The molecule has 0 aliphatic rings. The summed E-state index contributed by atoms with van der Waals surface area (Å²) in [5.41, 5.74) is 0.237. The van der Waals surface area contributed by atoms with Crippen LogP contribution >= 0.6 is 27.3 Å². The smallest absolute Gasteiger partial charge is 0.264 e. The summed E-state index contributed by atoms with van der Waals surface area (Å²) < 4.78 is 0.882. The SMILES string of the molecule is O=C(Nc1ccc(=O)[nH]n1)c1csc(Br)c1. The van der Waals surface area contributed by atoms with Gasteiger partial charge in [-0.2, -0.15) is 5.10 Å².